The van der Waals surface area contributed by atoms with Crippen LogP contribution in [0.4, 0.5) is 0 Å². The summed E-state index contributed by atoms with van der Waals surface area (Å²) in [6.45, 7) is 1.48. The van der Waals surface area contributed by atoms with E-state index >= 15 is 0 Å². The average molecular weight is 293 g/mol. The third kappa shape index (κ3) is 4.83. The zero-order valence-electron chi connectivity index (χ0n) is 11.7. The van der Waals surface area contributed by atoms with Crippen molar-refractivity contribution in [2.45, 2.75) is 19.4 Å². The number of halogens is 1. The number of hydrogen-bond donors (Lipinski definition) is 2. The van der Waals surface area contributed by atoms with Crippen molar-refractivity contribution in [2.75, 3.05) is 13.6 Å². The first kappa shape index (κ1) is 16.5. The second-order valence-electron chi connectivity index (χ2n) is 4.67. The van der Waals surface area contributed by atoms with Crippen LogP contribution < -0.4 is 10.6 Å². The molecule has 2 aromatic carbocycles. The Hall–Kier alpha value is -1.58. The quantitative estimate of drug-likeness (QED) is 0.804. The van der Waals surface area contributed by atoms with Crippen LogP contribution in [0.25, 0.3) is 10.8 Å². The van der Waals surface area contributed by atoms with Crippen LogP contribution in [0, 0.1) is 0 Å². The summed E-state index contributed by atoms with van der Waals surface area (Å²) >= 11 is 0. The van der Waals surface area contributed by atoms with Crippen molar-refractivity contribution in [2.24, 2.45) is 0 Å². The summed E-state index contributed by atoms with van der Waals surface area (Å²) in [6, 6.07) is 14.5. The van der Waals surface area contributed by atoms with Crippen LogP contribution in [0.1, 0.15) is 18.4 Å². The summed E-state index contributed by atoms with van der Waals surface area (Å²) in [6.07, 6.45) is 1.45. The van der Waals surface area contributed by atoms with Crippen LogP contribution in [0.5, 0.6) is 0 Å². The molecule has 0 heterocycles. The third-order valence-corrected chi connectivity index (χ3v) is 3.13. The minimum Gasteiger partial charge on any atom is -0.352 e. The molecule has 0 bridgehead atoms. The molecule has 0 aliphatic carbocycles. The summed E-state index contributed by atoms with van der Waals surface area (Å²) in [7, 11) is 1.90. The fourth-order valence-corrected chi connectivity index (χ4v) is 2.06. The van der Waals surface area contributed by atoms with Gasteiger partial charge >= 0.3 is 0 Å². The van der Waals surface area contributed by atoms with Gasteiger partial charge in [-0.2, -0.15) is 0 Å². The van der Waals surface area contributed by atoms with Crippen molar-refractivity contribution in [1.29, 1.82) is 0 Å². The van der Waals surface area contributed by atoms with Gasteiger partial charge in [0.1, 0.15) is 0 Å². The van der Waals surface area contributed by atoms with Crippen molar-refractivity contribution in [1.82, 2.24) is 10.6 Å². The second kappa shape index (κ2) is 8.56. The fraction of sp³-hybridized carbons (Fsp3) is 0.312. The molecule has 0 aliphatic rings. The Morgan fingerprint density at radius 2 is 1.85 bits per heavy atom. The van der Waals surface area contributed by atoms with Crippen LogP contribution in [-0.4, -0.2) is 19.5 Å². The molecule has 108 valence electrons. The molecule has 2 N–H and O–H groups in total. The van der Waals surface area contributed by atoms with Gasteiger partial charge in [-0.25, -0.2) is 0 Å². The zero-order chi connectivity index (χ0) is 13.5. The van der Waals surface area contributed by atoms with Gasteiger partial charge in [-0.15, -0.1) is 12.4 Å². The number of nitrogens with one attached hydrogen (secondary N) is 2. The number of rotatable bonds is 6. The van der Waals surface area contributed by atoms with Crippen molar-refractivity contribution in [3.05, 3.63) is 48.0 Å². The Bertz CT molecular complexity index is 557. The Balaban J connectivity index is 0.00000200. The first-order valence-corrected chi connectivity index (χ1v) is 6.68. The molecule has 0 saturated carbocycles. The van der Waals surface area contributed by atoms with E-state index < -0.39 is 0 Å². The molecule has 20 heavy (non-hydrogen) atoms. The van der Waals surface area contributed by atoms with Gasteiger partial charge < -0.3 is 10.6 Å². The predicted octanol–water partition coefficient (Wildman–Crippen LogP) is 2.88. The minimum atomic E-state index is 0. The number of amides is 1. The Labute approximate surface area is 126 Å². The van der Waals surface area contributed by atoms with Gasteiger partial charge in [-0.1, -0.05) is 36.4 Å². The summed E-state index contributed by atoms with van der Waals surface area (Å²) < 4.78 is 0. The normalized spacial score (nSPS) is 10.1. The highest BCUT2D eigenvalue weighted by Gasteiger charge is 2.01. The van der Waals surface area contributed by atoms with Crippen LogP contribution in [0.15, 0.2) is 42.5 Å². The van der Waals surface area contributed by atoms with Gasteiger partial charge in [-0.3, -0.25) is 4.79 Å². The molecule has 2 rings (SSSR count). The summed E-state index contributed by atoms with van der Waals surface area (Å²) in [5.74, 6) is 0.114. The lowest BCUT2D eigenvalue weighted by Gasteiger charge is -2.06. The molecular weight excluding hydrogens is 272 g/mol. The molecule has 0 saturated heterocycles. The molecule has 0 atom stereocenters. The third-order valence-electron chi connectivity index (χ3n) is 3.13. The summed E-state index contributed by atoms with van der Waals surface area (Å²) in [5, 5.41) is 8.43. The molecule has 0 spiro atoms. The number of carbonyl (C=O) groups excluding carboxylic acids is 1. The summed E-state index contributed by atoms with van der Waals surface area (Å²) in [4.78, 5) is 11.6. The SMILES string of the molecule is CNCCCC(=O)NCc1ccc2ccccc2c1.Cl. The smallest absolute Gasteiger partial charge is 0.220 e. The lowest BCUT2D eigenvalue weighted by atomic mass is 10.1. The van der Waals surface area contributed by atoms with Crippen molar-refractivity contribution in [3.63, 3.8) is 0 Å². The monoisotopic (exact) mass is 292 g/mol. The maximum Gasteiger partial charge on any atom is 0.220 e. The second-order valence-corrected chi connectivity index (χ2v) is 4.67. The van der Waals surface area contributed by atoms with Gasteiger partial charge in [-0.05, 0) is 42.4 Å². The molecule has 0 aromatic heterocycles. The van der Waals surface area contributed by atoms with Crippen LogP contribution in [0.2, 0.25) is 0 Å². The molecule has 0 radical (unpaired) electrons. The van der Waals surface area contributed by atoms with Crippen LogP contribution >= 0.6 is 12.4 Å². The first-order valence-electron chi connectivity index (χ1n) is 6.68. The van der Waals surface area contributed by atoms with Crippen molar-refractivity contribution in [3.8, 4) is 0 Å². The number of carbonyl (C=O) groups is 1. The van der Waals surface area contributed by atoms with E-state index in [0.717, 1.165) is 18.5 Å². The molecular formula is C16H21ClN2O. The van der Waals surface area contributed by atoms with Gasteiger partial charge in [0.2, 0.25) is 5.91 Å². The van der Waals surface area contributed by atoms with Gasteiger partial charge in [0.25, 0.3) is 0 Å². The number of fused-ring (bicyclic) bond motifs is 1. The molecule has 4 heteroatoms. The highest BCUT2D eigenvalue weighted by Crippen LogP contribution is 2.15. The molecule has 3 nitrogen and oxygen atoms in total. The maximum atomic E-state index is 11.6. The van der Waals surface area contributed by atoms with E-state index in [0.29, 0.717) is 13.0 Å². The predicted molar refractivity (Wildman–Crippen MR) is 86.2 cm³/mol. The van der Waals surface area contributed by atoms with Gasteiger partial charge in [0.15, 0.2) is 0 Å². The summed E-state index contributed by atoms with van der Waals surface area (Å²) in [5.41, 5.74) is 1.14. The van der Waals surface area contributed by atoms with E-state index in [1.54, 1.807) is 0 Å². The van der Waals surface area contributed by atoms with Crippen molar-refractivity contribution < 1.29 is 4.79 Å². The van der Waals surface area contributed by atoms with E-state index in [1.807, 2.05) is 19.2 Å². The van der Waals surface area contributed by atoms with Gasteiger partial charge in [0.05, 0.1) is 0 Å². The number of benzene rings is 2. The van der Waals surface area contributed by atoms with Crippen molar-refractivity contribution >= 4 is 29.1 Å². The number of hydrogen-bond acceptors (Lipinski definition) is 2. The zero-order valence-corrected chi connectivity index (χ0v) is 12.5. The minimum absolute atomic E-state index is 0. The van der Waals surface area contributed by atoms with Gasteiger partial charge in [0, 0.05) is 13.0 Å². The Morgan fingerprint density at radius 1 is 1.10 bits per heavy atom. The fourth-order valence-electron chi connectivity index (χ4n) is 2.06. The van der Waals surface area contributed by atoms with E-state index in [1.165, 1.54) is 10.8 Å². The molecule has 0 fully saturated rings. The molecule has 0 unspecified atom stereocenters. The average Bonchev–Trinajstić information content (AvgIpc) is 2.45. The van der Waals surface area contributed by atoms with E-state index in [-0.39, 0.29) is 18.3 Å². The molecule has 2 aromatic rings. The van der Waals surface area contributed by atoms with Crippen LogP contribution in [0.3, 0.4) is 0 Å². The van der Waals surface area contributed by atoms with E-state index in [9.17, 15) is 4.79 Å². The largest absolute Gasteiger partial charge is 0.352 e. The first-order chi connectivity index (χ1) is 9.29. The topological polar surface area (TPSA) is 41.1 Å². The molecule has 0 aliphatic heterocycles. The van der Waals surface area contributed by atoms with Crippen LogP contribution in [-0.2, 0) is 11.3 Å². The standard InChI is InChI=1S/C16H20N2O.ClH/c1-17-10-4-7-16(19)18-12-13-8-9-14-5-2-3-6-15(14)11-13;/h2-3,5-6,8-9,11,17H,4,7,10,12H2,1H3,(H,18,19);1H. The lowest BCUT2D eigenvalue weighted by Crippen LogP contribution is -2.23. The lowest BCUT2D eigenvalue weighted by molar-refractivity contribution is -0.121. The maximum absolute atomic E-state index is 11.6. The Kier molecular flexibility index (Phi) is 7.05. The van der Waals surface area contributed by atoms with E-state index in [2.05, 4.69) is 41.0 Å². The highest BCUT2D eigenvalue weighted by molar-refractivity contribution is 5.85. The Morgan fingerprint density at radius 3 is 2.60 bits per heavy atom. The van der Waals surface area contributed by atoms with E-state index in [4.69, 9.17) is 0 Å². The highest BCUT2D eigenvalue weighted by atomic mass is 35.5. The molecule has 1 amide bonds.